The minimum atomic E-state index is -0.351. The van der Waals surface area contributed by atoms with E-state index >= 15 is 0 Å². The lowest BCUT2D eigenvalue weighted by atomic mass is 10.1. The number of furan rings is 1. The van der Waals surface area contributed by atoms with Crippen LogP contribution in [0.5, 0.6) is 0 Å². The van der Waals surface area contributed by atoms with E-state index < -0.39 is 0 Å². The summed E-state index contributed by atoms with van der Waals surface area (Å²) in [6, 6.07) is 5.31. The average molecular weight is 208 g/mol. The summed E-state index contributed by atoms with van der Waals surface area (Å²) in [5.74, 6) is 1.27. The van der Waals surface area contributed by atoms with Gasteiger partial charge in [-0.3, -0.25) is 0 Å². The van der Waals surface area contributed by atoms with Crippen molar-refractivity contribution in [2.45, 2.75) is 26.5 Å². The topological polar surface area (TPSA) is 69.2 Å². The molecule has 1 unspecified atom stereocenters. The smallest absolute Gasteiger partial charge is 0.203 e. The molecule has 0 bridgehead atoms. The molecule has 0 fully saturated rings. The number of nitrogens with zero attached hydrogens (tertiary/aromatic N) is 1. The lowest BCUT2D eigenvalue weighted by Gasteiger charge is -2.14. The van der Waals surface area contributed by atoms with Crippen molar-refractivity contribution in [3.8, 4) is 6.07 Å². The van der Waals surface area contributed by atoms with E-state index in [9.17, 15) is 5.11 Å². The second-order valence-electron chi connectivity index (χ2n) is 3.82. The molecule has 4 heteroatoms. The summed E-state index contributed by atoms with van der Waals surface area (Å²) in [4.78, 5) is 0. The predicted molar refractivity (Wildman–Crippen MR) is 56.0 cm³/mol. The molecule has 1 aromatic rings. The van der Waals surface area contributed by atoms with Crippen LogP contribution in [0.1, 0.15) is 25.4 Å². The highest BCUT2D eigenvalue weighted by Gasteiger charge is 2.08. The molecule has 0 spiro atoms. The highest BCUT2D eigenvalue weighted by Crippen LogP contribution is 2.06. The van der Waals surface area contributed by atoms with Gasteiger partial charge in [0.25, 0.3) is 0 Å². The molecule has 15 heavy (non-hydrogen) atoms. The number of aliphatic hydroxyl groups excluding tert-OH is 1. The molecular formula is C11H16N2O2. The largest absolute Gasteiger partial charge is 0.449 e. The first-order valence-corrected chi connectivity index (χ1v) is 5.01. The van der Waals surface area contributed by atoms with Crippen LogP contribution in [-0.2, 0) is 6.54 Å². The van der Waals surface area contributed by atoms with Gasteiger partial charge in [-0.25, -0.2) is 0 Å². The summed E-state index contributed by atoms with van der Waals surface area (Å²) in [5, 5.41) is 21.1. The van der Waals surface area contributed by atoms with E-state index in [-0.39, 0.29) is 12.0 Å². The Bertz CT molecular complexity index is 339. The number of nitrogens with one attached hydrogen (secondary N) is 1. The van der Waals surface area contributed by atoms with Crippen LogP contribution >= 0.6 is 0 Å². The molecule has 0 aliphatic heterocycles. The van der Waals surface area contributed by atoms with Crippen molar-refractivity contribution in [2.24, 2.45) is 5.92 Å². The van der Waals surface area contributed by atoms with Crippen molar-refractivity contribution in [3.05, 3.63) is 23.7 Å². The molecule has 1 aromatic heterocycles. The van der Waals surface area contributed by atoms with Gasteiger partial charge in [-0.1, -0.05) is 13.8 Å². The van der Waals surface area contributed by atoms with E-state index in [0.29, 0.717) is 24.6 Å². The number of nitriles is 1. The summed E-state index contributed by atoms with van der Waals surface area (Å²) in [6.45, 7) is 4.99. The summed E-state index contributed by atoms with van der Waals surface area (Å²) >= 11 is 0. The van der Waals surface area contributed by atoms with E-state index in [4.69, 9.17) is 9.68 Å². The number of aliphatic hydroxyl groups is 1. The van der Waals surface area contributed by atoms with Gasteiger partial charge >= 0.3 is 0 Å². The maximum absolute atomic E-state index is 9.51. The molecule has 0 aliphatic carbocycles. The van der Waals surface area contributed by atoms with Crippen molar-refractivity contribution in [1.29, 1.82) is 5.26 Å². The van der Waals surface area contributed by atoms with Gasteiger partial charge in [0.05, 0.1) is 12.6 Å². The maximum atomic E-state index is 9.51. The number of rotatable bonds is 5. The molecule has 1 rings (SSSR count). The van der Waals surface area contributed by atoms with Gasteiger partial charge in [-0.15, -0.1) is 0 Å². The van der Waals surface area contributed by atoms with Crippen LogP contribution in [0.15, 0.2) is 16.5 Å². The minimum absolute atomic E-state index is 0.240. The first kappa shape index (κ1) is 11.8. The molecule has 1 heterocycles. The molecule has 1 atom stereocenters. The van der Waals surface area contributed by atoms with Crippen LogP contribution in [-0.4, -0.2) is 17.8 Å². The van der Waals surface area contributed by atoms with Crippen LogP contribution in [0.3, 0.4) is 0 Å². The van der Waals surface area contributed by atoms with Crippen molar-refractivity contribution < 1.29 is 9.52 Å². The number of hydrogen-bond donors (Lipinski definition) is 2. The molecule has 0 aromatic carbocycles. The Kier molecular flexibility index (Phi) is 4.35. The fourth-order valence-electron chi connectivity index (χ4n) is 1.11. The quantitative estimate of drug-likeness (QED) is 0.764. The first-order valence-electron chi connectivity index (χ1n) is 5.01. The monoisotopic (exact) mass is 208 g/mol. The zero-order valence-electron chi connectivity index (χ0n) is 9.03. The highest BCUT2D eigenvalue weighted by molar-refractivity contribution is 5.18. The van der Waals surface area contributed by atoms with E-state index in [1.54, 1.807) is 12.1 Å². The van der Waals surface area contributed by atoms with E-state index in [1.807, 2.05) is 19.9 Å². The third kappa shape index (κ3) is 3.74. The minimum Gasteiger partial charge on any atom is -0.449 e. The Balaban J connectivity index is 2.29. The van der Waals surface area contributed by atoms with Gasteiger partial charge in [0.2, 0.25) is 5.76 Å². The molecule has 4 nitrogen and oxygen atoms in total. The zero-order valence-corrected chi connectivity index (χ0v) is 9.03. The van der Waals surface area contributed by atoms with Crippen molar-refractivity contribution in [1.82, 2.24) is 5.32 Å². The maximum Gasteiger partial charge on any atom is 0.203 e. The van der Waals surface area contributed by atoms with Gasteiger partial charge in [0, 0.05) is 6.54 Å². The Hall–Kier alpha value is -1.31. The van der Waals surface area contributed by atoms with Crippen molar-refractivity contribution >= 4 is 0 Å². The molecule has 0 saturated carbocycles. The molecule has 2 N–H and O–H groups in total. The van der Waals surface area contributed by atoms with E-state index in [2.05, 4.69) is 5.32 Å². The average Bonchev–Trinajstić information content (AvgIpc) is 2.65. The summed E-state index contributed by atoms with van der Waals surface area (Å²) in [5.41, 5.74) is 0. The van der Waals surface area contributed by atoms with Gasteiger partial charge in [0.15, 0.2) is 0 Å². The van der Waals surface area contributed by atoms with Crippen LogP contribution in [0.2, 0.25) is 0 Å². The van der Waals surface area contributed by atoms with Gasteiger partial charge in [0.1, 0.15) is 11.8 Å². The van der Waals surface area contributed by atoms with Crippen LogP contribution in [0.25, 0.3) is 0 Å². The molecule has 0 aliphatic rings. The molecule has 0 radical (unpaired) electrons. The summed E-state index contributed by atoms with van der Waals surface area (Å²) in [6.07, 6.45) is -0.351. The Morgan fingerprint density at radius 2 is 2.27 bits per heavy atom. The summed E-state index contributed by atoms with van der Waals surface area (Å²) in [7, 11) is 0. The Morgan fingerprint density at radius 3 is 2.80 bits per heavy atom. The van der Waals surface area contributed by atoms with Crippen molar-refractivity contribution in [2.75, 3.05) is 6.54 Å². The SMILES string of the molecule is CC(C)C(O)CNCc1ccc(C#N)o1. The zero-order chi connectivity index (χ0) is 11.3. The molecule has 0 saturated heterocycles. The van der Waals surface area contributed by atoms with Gasteiger partial charge in [-0.05, 0) is 18.1 Å². The van der Waals surface area contributed by atoms with Gasteiger partial charge in [-0.2, -0.15) is 5.26 Å². The normalized spacial score (nSPS) is 12.7. The van der Waals surface area contributed by atoms with Gasteiger partial charge < -0.3 is 14.8 Å². The third-order valence-electron chi connectivity index (χ3n) is 2.19. The molecular weight excluding hydrogens is 192 g/mol. The van der Waals surface area contributed by atoms with Crippen LogP contribution in [0, 0.1) is 17.2 Å². The van der Waals surface area contributed by atoms with E-state index in [0.717, 1.165) is 0 Å². The third-order valence-corrected chi connectivity index (χ3v) is 2.19. The van der Waals surface area contributed by atoms with E-state index in [1.165, 1.54) is 0 Å². The van der Waals surface area contributed by atoms with Crippen LogP contribution < -0.4 is 5.32 Å². The second-order valence-corrected chi connectivity index (χ2v) is 3.82. The second kappa shape index (κ2) is 5.54. The number of hydrogen-bond acceptors (Lipinski definition) is 4. The standard InChI is InChI=1S/C11H16N2O2/c1-8(2)11(14)7-13-6-10-4-3-9(5-12)15-10/h3-4,8,11,13-14H,6-7H2,1-2H3. The fraction of sp³-hybridized carbons (Fsp3) is 0.545. The lowest BCUT2D eigenvalue weighted by Crippen LogP contribution is -2.30. The Labute approximate surface area is 89.5 Å². The highest BCUT2D eigenvalue weighted by atomic mass is 16.3. The Morgan fingerprint density at radius 1 is 1.53 bits per heavy atom. The predicted octanol–water partition coefficient (Wildman–Crippen LogP) is 1.26. The molecule has 0 amide bonds. The fourth-order valence-corrected chi connectivity index (χ4v) is 1.11. The first-order chi connectivity index (χ1) is 7.13. The summed E-state index contributed by atoms with van der Waals surface area (Å²) < 4.78 is 5.17. The lowest BCUT2D eigenvalue weighted by molar-refractivity contribution is 0.123. The molecule has 82 valence electrons. The van der Waals surface area contributed by atoms with Crippen LogP contribution in [0.4, 0.5) is 0 Å². The van der Waals surface area contributed by atoms with Crippen molar-refractivity contribution in [3.63, 3.8) is 0 Å².